The molecule has 0 bridgehead atoms. The Kier molecular flexibility index (Phi) is 8.42. The molecule has 0 saturated carbocycles. The summed E-state index contributed by atoms with van der Waals surface area (Å²) in [5.74, 6) is -0.240. The fourth-order valence-electron chi connectivity index (χ4n) is 5.91. The molecule has 0 unspecified atom stereocenters. The molecule has 4 nitrogen and oxygen atoms in total. The lowest BCUT2D eigenvalue weighted by molar-refractivity contribution is 0.0977. The summed E-state index contributed by atoms with van der Waals surface area (Å²) in [5, 5.41) is 1.11. The van der Waals surface area contributed by atoms with Gasteiger partial charge < -0.3 is 4.90 Å². The number of piperidine rings is 1. The molecule has 2 aliphatic rings. The van der Waals surface area contributed by atoms with Crippen molar-refractivity contribution in [1.29, 1.82) is 0 Å². The first-order valence-electron chi connectivity index (χ1n) is 14.0. The molecular formula is C34H30Cl2FN3OS. The molecule has 1 fully saturated rings. The first-order chi connectivity index (χ1) is 20.3. The van der Waals surface area contributed by atoms with Gasteiger partial charge in [-0.05, 0) is 111 Å². The van der Waals surface area contributed by atoms with Crippen LogP contribution in [0.3, 0.4) is 0 Å². The Morgan fingerprint density at radius 2 is 1.74 bits per heavy atom. The van der Waals surface area contributed by atoms with Gasteiger partial charge in [-0.1, -0.05) is 53.2 Å². The number of aromatic nitrogens is 1. The van der Waals surface area contributed by atoms with Gasteiger partial charge >= 0.3 is 0 Å². The molecule has 4 aromatic rings. The number of aryl methyl sites for hydroxylation is 1. The summed E-state index contributed by atoms with van der Waals surface area (Å²) in [4.78, 5) is 24.5. The van der Waals surface area contributed by atoms with E-state index in [0.717, 1.165) is 59.2 Å². The fraction of sp³-hybridized carbons (Fsp3) is 0.235. The van der Waals surface area contributed by atoms with Crippen LogP contribution in [0.5, 0.6) is 0 Å². The standard InChI is InChI=1S/C34H30Cl2FN3OS/c1-23-19-25(12-15-38-23)33(41)40-22-34(29-21-28(9-11-32(29)40)42-27-7-5-26(37)6-8-27)13-17-39(18-14-34)16-2-3-24-4-10-30(35)31(36)20-24/h2-12,15,19-21H,13-14,16-18,22H2,1H3. The predicted molar refractivity (Wildman–Crippen MR) is 170 cm³/mol. The van der Waals surface area contributed by atoms with Crippen molar-refractivity contribution in [2.75, 3.05) is 31.1 Å². The summed E-state index contributed by atoms with van der Waals surface area (Å²) in [7, 11) is 0. The third-order valence-corrected chi connectivity index (χ3v) is 9.90. The van der Waals surface area contributed by atoms with Crippen LogP contribution in [0.4, 0.5) is 10.1 Å². The number of benzene rings is 3. The number of amides is 1. The molecule has 214 valence electrons. The maximum atomic E-state index is 13.8. The van der Waals surface area contributed by atoms with Crippen LogP contribution in [-0.4, -0.2) is 42.0 Å². The summed E-state index contributed by atoms with van der Waals surface area (Å²) in [5.41, 5.74) is 4.57. The number of nitrogens with zero attached hydrogens (tertiary/aromatic N) is 3. The maximum absolute atomic E-state index is 13.8. The van der Waals surface area contributed by atoms with Gasteiger partial charge in [0.2, 0.25) is 0 Å². The Balaban J connectivity index is 1.23. The molecule has 0 atom stereocenters. The molecule has 1 aromatic heterocycles. The highest BCUT2D eigenvalue weighted by Crippen LogP contribution is 2.49. The average molecular weight is 619 g/mol. The van der Waals surface area contributed by atoms with E-state index < -0.39 is 0 Å². The smallest absolute Gasteiger partial charge is 0.258 e. The summed E-state index contributed by atoms with van der Waals surface area (Å²) in [6.45, 7) is 5.25. The third-order valence-electron chi connectivity index (χ3n) is 8.16. The average Bonchev–Trinajstić information content (AvgIpc) is 3.30. The van der Waals surface area contributed by atoms with Crippen LogP contribution in [0.25, 0.3) is 6.08 Å². The quantitative estimate of drug-likeness (QED) is 0.217. The van der Waals surface area contributed by atoms with E-state index in [9.17, 15) is 9.18 Å². The zero-order chi connectivity index (χ0) is 29.3. The molecular weight excluding hydrogens is 588 g/mol. The highest BCUT2D eigenvalue weighted by molar-refractivity contribution is 7.99. The zero-order valence-electron chi connectivity index (χ0n) is 23.2. The predicted octanol–water partition coefficient (Wildman–Crippen LogP) is 8.69. The Hall–Kier alpha value is -3.16. The molecule has 42 heavy (non-hydrogen) atoms. The van der Waals surface area contributed by atoms with Gasteiger partial charge in [-0.2, -0.15) is 0 Å². The van der Waals surface area contributed by atoms with Gasteiger partial charge in [-0.15, -0.1) is 0 Å². The molecule has 8 heteroatoms. The van der Waals surface area contributed by atoms with Gasteiger partial charge in [0.1, 0.15) is 5.82 Å². The molecule has 2 aliphatic heterocycles. The highest BCUT2D eigenvalue weighted by Gasteiger charge is 2.46. The van der Waals surface area contributed by atoms with E-state index in [0.29, 0.717) is 22.2 Å². The lowest BCUT2D eigenvalue weighted by Gasteiger charge is -2.39. The molecule has 3 heterocycles. The van der Waals surface area contributed by atoms with Gasteiger partial charge in [-0.25, -0.2) is 4.39 Å². The van der Waals surface area contributed by atoms with Gasteiger partial charge in [0.05, 0.1) is 10.0 Å². The number of hydrogen-bond acceptors (Lipinski definition) is 4. The number of hydrogen-bond donors (Lipinski definition) is 0. The zero-order valence-corrected chi connectivity index (χ0v) is 25.5. The topological polar surface area (TPSA) is 36.4 Å². The number of carbonyl (C=O) groups is 1. The number of halogens is 3. The lowest BCUT2D eigenvalue weighted by atomic mass is 9.74. The summed E-state index contributed by atoms with van der Waals surface area (Å²) < 4.78 is 13.5. The van der Waals surface area contributed by atoms with Crippen LogP contribution in [0, 0.1) is 12.7 Å². The molecule has 0 radical (unpaired) electrons. The van der Waals surface area contributed by atoms with Gasteiger partial charge in [0, 0.05) is 51.4 Å². The van der Waals surface area contributed by atoms with Gasteiger partial charge in [0.25, 0.3) is 5.91 Å². The van der Waals surface area contributed by atoms with E-state index in [1.807, 2.05) is 36.1 Å². The SMILES string of the molecule is Cc1cc(C(=O)N2CC3(CCN(CC=Cc4ccc(Cl)c(Cl)c4)CC3)c3cc(Sc4ccc(F)cc4)ccc32)ccn1. The number of pyridine rings is 1. The van der Waals surface area contributed by atoms with Crippen molar-refractivity contribution < 1.29 is 9.18 Å². The minimum Gasteiger partial charge on any atom is -0.307 e. The number of anilines is 1. The number of rotatable bonds is 6. The van der Waals surface area contributed by atoms with Crippen LogP contribution >= 0.6 is 35.0 Å². The largest absolute Gasteiger partial charge is 0.307 e. The molecule has 1 spiro atoms. The Bertz CT molecular complexity index is 1650. The van der Waals surface area contributed by atoms with Crippen molar-refractivity contribution in [2.24, 2.45) is 0 Å². The molecule has 1 amide bonds. The lowest BCUT2D eigenvalue weighted by Crippen LogP contribution is -2.46. The van der Waals surface area contributed by atoms with Gasteiger partial charge in [0.15, 0.2) is 0 Å². The molecule has 0 aliphatic carbocycles. The molecule has 6 rings (SSSR count). The van der Waals surface area contributed by atoms with E-state index in [2.05, 4.69) is 40.2 Å². The second-order valence-corrected chi connectivity index (χ2v) is 12.9. The van der Waals surface area contributed by atoms with Crippen LogP contribution < -0.4 is 4.90 Å². The minimum atomic E-state index is -0.244. The molecule has 0 N–H and O–H groups in total. The van der Waals surface area contributed by atoms with Crippen molar-refractivity contribution in [3.8, 4) is 0 Å². The van der Waals surface area contributed by atoms with Gasteiger partial charge in [-0.3, -0.25) is 14.7 Å². The first-order valence-corrected chi connectivity index (χ1v) is 15.5. The van der Waals surface area contributed by atoms with Crippen molar-refractivity contribution in [1.82, 2.24) is 9.88 Å². The van der Waals surface area contributed by atoms with Crippen LogP contribution in [0.15, 0.2) is 94.9 Å². The van der Waals surface area contributed by atoms with Crippen LogP contribution in [-0.2, 0) is 5.41 Å². The third kappa shape index (κ3) is 6.13. The Morgan fingerprint density at radius 1 is 0.976 bits per heavy atom. The Morgan fingerprint density at radius 3 is 2.48 bits per heavy atom. The summed E-state index contributed by atoms with van der Waals surface area (Å²) in [6, 6.07) is 22.3. The van der Waals surface area contributed by atoms with Crippen molar-refractivity contribution in [2.45, 2.75) is 35.0 Å². The second kappa shape index (κ2) is 12.2. The fourth-order valence-corrected chi connectivity index (χ4v) is 7.07. The van der Waals surface area contributed by atoms with E-state index in [4.69, 9.17) is 23.2 Å². The van der Waals surface area contributed by atoms with Crippen molar-refractivity contribution >= 4 is 52.6 Å². The van der Waals surface area contributed by atoms with Crippen LogP contribution in [0.2, 0.25) is 10.0 Å². The van der Waals surface area contributed by atoms with E-state index in [1.54, 1.807) is 36.2 Å². The second-order valence-electron chi connectivity index (χ2n) is 11.0. The minimum absolute atomic E-state index is 0.00421. The molecule has 3 aromatic carbocycles. The van der Waals surface area contributed by atoms with E-state index in [1.165, 1.54) is 17.7 Å². The van der Waals surface area contributed by atoms with Crippen molar-refractivity contribution in [3.63, 3.8) is 0 Å². The monoisotopic (exact) mass is 617 g/mol. The van der Waals surface area contributed by atoms with E-state index in [-0.39, 0.29) is 17.1 Å². The number of likely N-dealkylation sites (tertiary alicyclic amines) is 1. The van der Waals surface area contributed by atoms with E-state index >= 15 is 0 Å². The molecule has 1 saturated heterocycles. The first kappa shape index (κ1) is 28.9. The summed E-state index contributed by atoms with van der Waals surface area (Å²) in [6.07, 6.45) is 7.84. The highest BCUT2D eigenvalue weighted by atomic mass is 35.5. The van der Waals surface area contributed by atoms with Crippen LogP contribution in [0.1, 0.15) is 40.0 Å². The maximum Gasteiger partial charge on any atom is 0.258 e. The summed E-state index contributed by atoms with van der Waals surface area (Å²) >= 11 is 13.8. The Labute approximate surface area is 260 Å². The number of fused-ring (bicyclic) bond motifs is 2. The normalized spacial score (nSPS) is 16.3. The number of carbonyl (C=O) groups excluding carboxylic acids is 1. The van der Waals surface area contributed by atoms with Crippen molar-refractivity contribution in [3.05, 3.63) is 123 Å².